The molecule has 38 heavy (non-hydrogen) atoms. The number of alkyl carbamates (subject to hydrolysis) is 1. The Bertz CT molecular complexity index is 1470. The lowest BCUT2D eigenvalue weighted by Gasteiger charge is -2.20. The van der Waals surface area contributed by atoms with Crippen LogP contribution in [0.3, 0.4) is 0 Å². The zero-order chi connectivity index (χ0) is 27.3. The van der Waals surface area contributed by atoms with E-state index in [0.29, 0.717) is 42.1 Å². The number of hydrogen-bond acceptors (Lipinski definition) is 7. The Morgan fingerprint density at radius 2 is 1.87 bits per heavy atom. The average Bonchev–Trinajstić information content (AvgIpc) is 3.29. The van der Waals surface area contributed by atoms with Gasteiger partial charge in [0.2, 0.25) is 5.95 Å². The van der Waals surface area contributed by atoms with E-state index in [0.717, 1.165) is 11.0 Å². The molecule has 2 heterocycles. The highest BCUT2D eigenvalue weighted by atomic mass is 16.5. The summed E-state index contributed by atoms with van der Waals surface area (Å²) in [6, 6.07) is 13.2. The number of carbonyl (C=O) groups excluding carboxylic acids is 1. The molecule has 0 spiro atoms. The van der Waals surface area contributed by atoms with Crippen LogP contribution in [0.2, 0.25) is 0 Å². The largest absolute Gasteiger partial charge is 0.480 e. The summed E-state index contributed by atoms with van der Waals surface area (Å²) in [6.07, 6.45) is -0.124. The number of hydrogen-bond donors (Lipinski definition) is 4. The number of nitrogens with zero attached hydrogens (tertiary/aromatic N) is 1. The Labute approximate surface area is 219 Å². The van der Waals surface area contributed by atoms with Crippen molar-refractivity contribution in [2.75, 3.05) is 18.5 Å². The van der Waals surface area contributed by atoms with Crippen molar-refractivity contribution in [1.29, 1.82) is 0 Å². The molecule has 0 fully saturated rings. The Morgan fingerprint density at radius 1 is 1.13 bits per heavy atom. The lowest BCUT2D eigenvalue weighted by atomic mass is 9.99. The third-order valence-electron chi connectivity index (χ3n) is 5.87. The van der Waals surface area contributed by atoms with Crippen LogP contribution in [0.5, 0.6) is 0 Å². The molecule has 10 nitrogen and oxygen atoms in total. The van der Waals surface area contributed by atoms with Crippen LogP contribution in [-0.4, -0.2) is 46.3 Å². The van der Waals surface area contributed by atoms with E-state index in [-0.39, 0.29) is 29.4 Å². The third-order valence-corrected chi connectivity index (χ3v) is 5.87. The summed E-state index contributed by atoms with van der Waals surface area (Å²) in [5.74, 6) is -0.255. The fourth-order valence-corrected chi connectivity index (χ4v) is 4.00. The van der Waals surface area contributed by atoms with Gasteiger partial charge < -0.3 is 29.9 Å². The highest BCUT2D eigenvalue weighted by molar-refractivity contribution is 5.81. The zero-order valence-corrected chi connectivity index (χ0v) is 21.7. The number of para-hydroxylation sites is 3. The van der Waals surface area contributed by atoms with Gasteiger partial charge in [-0.25, -0.2) is 14.6 Å². The number of benzene rings is 2. The molecule has 2 aromatic heterocycles. The van der Waals surface area contributed by atoms with Crippen LogP contribution in [0.4, 0.5) is 10.7 Å². The topological polar surface area (TPSA) is 147 Å². The van der Waals surface area contributed by atoms with Crippen molar-refractivity contribution in [1.82, 2.24) is 15.3 Å². The molecular formula is C28H32N4O6. The molecule has 1 amide bonds. The lowest BCUT2D eigenvalue weighted by molar-refractivity contribution is -0.139. The van der Waals surface area contributed by atoms with Gasteiger partial charge in [0, 0.05) is 24.9 Å². The second-order valence-corrected chi connectivity index (χ2v) is 10.3. The fraction of sp³-hybridized carbons (Fsp3) is 0.357. The van der Waals surface area contributed by atoms with E-state index in [4.69, 9.17) is 9.15 Å². The minimum Gasteiger partial charge on any atom is -0.480 e. The van der Waals surface area contributed by atoms with Crippen LogP contribution in [0, 0.1) is 5.41 Å². The number of rotatable bonds is 10. The number of anilines is 1. The fourth-order valence-electron chi connectivity index (χ4n) is 4.00. The van der Waals surface area contributed by atoms with Gasteiger partial charge in [0.05, 0.1) is 23.0 Å². The molecule has 4 N–H and O–H groups in total. The van der Waals surface area contributed by atoms with E-state index in [1.54, 1.807) is 24.3 Å². The number of amides is 1. The molecule has 4 rings (SSSR count). The van der Waals surface area contributed by atoms with Crippen molar-refractivity contribution in [3.63, 3.8) is 0 Å². The van der Waals surface area contributed by atoms with Crippen LogP contribution >= 0.6 is 0 Å². The molecule has 0 saturated carbocycles. The molecular weight excluding hydrogens is 488 g/mol. The normalized spacial score (nSPS) is 12.4. The molecule has 10 heteroatoms. The van der Waals surface area contributed by atoms with E-state index >= 15 is 0 Å². The number of carboxylic acid groups (broad SMARTS) is 1. The standard InChI is InChI=1S/C28H32N4O6/c1-28(2,3)16-37-27(36)32-21(25(34)35)15-18-23(38-22-12-7-4-9-17(22)24(18)33)13-8-14-29-26-30-19-10-5-6-11-20(19)31-26/h4-7,9-12,21H,8,13-16H2,1-3H3,(H,32,36)(H,34,35)(H2,29,30,31)/t21-/m0/s1. The van der Waals surface area contributed by atoms with Gasteiger partial charge in [0.1, 0.15) is 17.4 Å². The number of aryl methyl sites for hydroxylation is 1. The minimum absolute atomic E-state index is 0.118. The molecule has 0 bridgehead atoms. The van der Waals surface area contributed by atoms with Crippen LogP contribution in [0.25, 0.3) is 22.0 Å². The highest BCUT2D eigenvalue weighted by Crippen LogP contribution is 2.19. The average molecular weight is 521 g/mol. The van der Waals surface area contributed by atoms with Gasteiger partial charge in [-0.15, -0.1) is 0 Å². The monoisotopic (exact) mass is 520 g/mol. The number of aromatic amines is 1. The van der Waals surface area contributed by atoms with Crippen molar-refractivity contribution < 1.29 is 23.8 Å². The van der Waals surface area contributed by atoms with Crippen LogP contribution in [-0.2, 0) is 22.4 Å². The Hall–Kier alpha value is -4.34. The third kappa shape index (κ3) is 6.70. The van der Waals surface area contributed by atoms with Crippen molar-refractivity contribution in [2.24, 2.45) is 5.41 Å². The zero-order valence-electron chi connectivity index (χ0n) is 21.7. The summed E-state index contributed by atoms with van der Waals surface area (Å²) < 4.78 is 11.2. The van der Waals surface area contributed by atoms with Crippen LogP contribution in [0.1, 0.15) is 38.5 Å². The second-order valence-electron chi connectivity index (χ2n) is 10.3. The highest BCUT2D eigenvalue weighted by Gasteiger charge is 2.26. The predicted octanol–water partition coefficient (Wildman–Crippen LogP) is 4.48. The maximum absolute atomic E-state index is 13.4. The molecule has 0 unspecified atom stereocenters. The van der Waals surface area contributed by atoms with Gasteiger partial charge in [-0.2, -0.15) is 0 Å². The summed E-state index contributed by atoms with van der Waals surface area (Å²) in [7, 11) is 0. The molecule has 4 aromatic rings. The molecule has 0 aliphatic rings. The Balaban J connectivity index is 1.50. The smallest absolute Gasteiger partial charge is 0.407 e. The first-order valence-corrected chi connectivity index (χ1v) is 12.5. The quantitative estimate of drug-likeness (QED) is 0.224. The molecule has 0 aliphatic carbocycles. The minimum atomic E-state index is -1.36. The van der Waals surface area contributed by atoms with Gasteiger partial charge in [0.25, 0.3) is 0 Å². The number of carboxylic acids is 1. The Morgan fingerprint density at radius 3 is 2.61 bits per heavy atom. The number of carbonyl (C=O) groups is 2. The SMILES string of the molecule is CC(C)(C)COC(=O)N[C@@H](Cc1c(CCCNc2nc3ccccc3[nH]2)oc2ccccc2c1=O)C(=O)O. The van der Waals surface area contributed by atoms with Crippen molar-refractivity contribution in [3.8, 4) is 0 Å². The maximum Gasteiger partial charge on any atom is 0.407 e. The molecule has 0 radical (unpaired) electrons. The van der Waals surface area contributed by atoms with Gasteiger partial charge in [-0.1, -0.05) is 45.0 Å². The van der Waals surface area contributed by atoms with Gasteiger partial charge in [0.15, 0.2) is 5.43 Å². The van der Waals surface area contributed by atoms with Gasteiger partial charge in [-0.05, 0) is 36.1 Å². The number of ether oxygens (including phenoxy) is 1. The maximum atomic E-state index is 13.4. The van der Waals surface area contributed by atoms with Gasteiger partial charge in [-0.3, -0.25) is 4.79 Å². The van der Waals surface area contributed by atoms with Crippen LogP contribution in [0.15, 0.2) is 57.7 Å². The lowest BCUT2D eigenvalue weighted by Crippen LogP contribution is -2.44. The molecule has 1 atom stereocenters. The first kappa shape index (κ1) is 26.7. The predicted molar refractivity (Wildman–Crippen MR) is 144 cm³/mol. The number of aliphatic carboxylic acids is 1. The van der Waals surface area contributed by atoms with E-state index in [9.17, 15) is 19.5 Å². The van der Waals surface area contributed by atoms with E-state index in [2.05, 4.69) is 20.6 Å². The summed E-state index contributed by atoms with van der Waals surface area (Å²) in [4.78, 5) is 45.3. The van der Waals surface area contributed by atoms with Gasteiger partial charge >= 0.3 is 12.1 Å². The number of H-pyrrole nitrogens is 1. The van der Waals surface area contributed by atoms with E-state index in [1.165, 1.54) is 0 Å². The van der Waals surface area contributed by atoms with Crippen molar-refractivity contribution >= 4 is 40.0 Å². The molecule has 0 saturated heterocycles. The number of aromatic nitrogens is 2. The number of nitrogens with one attached hydrogen (secondary N) is 3. The summed E-state index contributed by atoms with van der Waals surface area (Å²) in [5, 5.41) is 15.7. The number of fused-ring (bicyclic) bond motifs is 2. The second kappa shape index (κ2) is 11.4. The van der Waals surface area contributed by atoms with Crippen molar-refractivity contribution in [3.05, 3.63) is 70.1 Å². The van der Waals surface area contributed by atoms with Crippen molar-refractivity contribution in [2.45, 2.75) is 46.1 Å². The summed E-state index contributed by atoms with van der Waals surface area (Å²) >= 11 is 0. The summed E-state index contributed by atoms with van der Waals surface area (Å²) in [6.45, 7) is 6.34. The summed E-state index contributed by atoms with van der Waals surface area (Å²) in [5.41, 5.74) is 1.82. The van der Waals surface area contributed by atoms with Crippen LogP contribution < -0.4 is 16.1 Å². The van der Waals surface area contributed by atoms with E-state index < -0.39 is 18.1 Å². The first-order chi connectivity index (χ1) is 18.1. The molecule has 0 aliphatic heterocycles. The number of imidazole rings is 1. The first-order valence-electron chi connectivity index (χ1n) is 12.5. The Kier molecular flexibility index (Phi) is 7.99. The molecule has 200 valence electrons. The molecule has 2 aromatic carbocycles. The van der Waals surface area contributed by atoms with E-state index in [1.807, 2.05) is 45.0 Å².